The maximum atomic E-state index is 11.6. The summed E-state index contributed by atoms with van der Waals surface area (Å²) < 4.78 is 4.94. The largest absolute Gasteiger partial charge is 0.458 e. The summed E-state index contributed by atoms with van der Waals surface area (Å²) in [5.41, 5.74) is 7.40. The fraction of sp³-hybridized carbons (Fsp3) is 0.167. The molecule has 1 aromatic carbocycles. The summed E-state index contributed by atoms with van der Waals surface area (Å²) in [5, 5.41) is 2.93. The van der Waals surface area contributed by atoms with Gasteiger partial charge >= 0.3 is 5.97 Å². The van der Waals surface area contributed by atoms with Crippen LogP contribution in [0, 0.1) is 6.92 Å². The fourth-order valence-corrected chi connectivity index (χ4v) is 1.45. The molecule has 0 saturated heterocycles. The van der Waals surface area contributed by atoms with Gasteiger partial charge in [0.2, 0.25) is 0 Å². The van der Waals surface area contributed by atoms with Gasteiger partial charge in [-0.1, -0.05) is 12.7 Å². The Bertz CT molecular complexity index is 458. The van der Waals surface area contributed by atoms with E-state index in [0.717, 1.165) is 5.56 Å². The highest BCUT2D eigenvalue weighted by atomic mass is 32.1. The molecule has 1 aromatic rings. The molecule has 90 valence electrons. The zero-order chi connectivity index (χ0) is 12.8. The van der Waals surface area contributed by atoms with Gasteiger partial charge in [-0.2, -0.15) is 0 Å². The van der Waals surface area contributed by atoms with Crippen molar-refractivity contribution in [1.29, 1.82) is 0 Å². The molecule has 0 heterocycles. The molecular formula is C12H14N2O2S. The maximum absolute atomic E-state index is 11.6. The van der Waals surface area contributed by atoms with Crippen molar-refractivity contribution in [3.63, 3.8) is 0 Å². The Labute approximate surface area is 105 Å². The number of rotatable bonds is 4. The Balaban J connectivity index is 2.92. The number of benzene rings is 1. The van der Waals surface area contributed by atoms with E-state index in [2.05, 4.69) is 11.9 Å². The Morgan fingerprint density at radius 2 is 2.29 bits per heavy atom. The van der Waals surface area contributed by atoms with Gasteiger partial charge < -0.3 is 15.8 Å². The molecule has 1 rings (SSSR count). The summed E-state index contributed by atoms with van der Waals surface area (Å²) in [5.74, 6) is -0.403. The second kappa shape index (κ2) is 6.00. The lowest BCUT2D eigenvalue weighted by Gasteiger charge is -2.08. The zero-order valence-corrected chi connectivity index (χ0v) is 10.3. The number of hydrogen-bond donors (Lipinski definition) is 2. The third kappa shape index (κ3) is 4.24. The second-order valence-electron chi connectivity index (χ2n) is 3.46. The maximum Gasteiger partial charge on any atom is 0.338 e. The lowest BCUT2D eigenvalue weighted by atomic mass is 10.1. The number of esters is 1. The van der Waals surface area contributed by atoms with Crippen LogP contribution in [0.15, 0.2) is 30.9 Å². The molecule has 0 spiro atoms. The van der Waals surface area contributed by atoms with Gasteiger partial charge in [0.1, 0.15) is 6.61 Å². The topological polar surface area (TPSA) is 64.3 Å². The smallest absolute Gasteiger partial charge is 0.338 e. The lowest BCUT2D eigenvalue weighted by Crippen LogP contribution is -2.19. The summed E-state index contributed by atoms with van der Waals surface area (Å²) in [6.07, 6.45) is 1.52. The normalized spacial score (nSPS) is 9.47. The van der Waals surface area contributed by atoms with Crippen LogP contribution in [0.5, 0.6) is 0 Å². The van der Waals surface area contributed by atoms with E-state index in [0.29, 0.717) is 11.3 Å². The van der Waals surface area contributed by atoms with Gasteiger partial charge in [0, 0.05) is 5.69 Å². The van der Waals surface area contributed by atoms with Crippen molar-refractivity contribution in [1.82, 2.24) is 0 Å². The van der Waals surface area contributed by atoms with Crippen LogP contribution in [0.3, 0.4) is 0 Å². The molecule has 17 heavy (non-hydrogen) atoms. The van der Waals surface area contributed by atoms with Crippen molar-refractivity contribution < 1.29 is 9.53 Å². The number of nitrogens with one attached hydrogen (secondary N) is 1. The van der Waals surface area contributed by atoms with E-state index in [-0.39, 0.29) is 11.7 Å². The molecular weight excluding hydrogens is 236 g/mol. The predicted molar refractivity (Wildman–Crippen MR) is 72.1 cm³/mol. The Morgan fingerprint density at radius 3 is 2.88 bits per heavy atom. The summed E-state index contributed by atoms with van der Waals surface area (Å²) >= 11 is 4.74. The van der Waals surface area contributed by atoms with Crippen LogP contribution in [0.25, 0.3) is 0 Å². The van der Waals surface area contributed by atoms with Gasteiger partial charge in [-0.25, -0.2) is 4.79 Å². The molecule has 3 N–H and O–H groups in total. The number of nitrogens with two attached hydrogens (primary N) is 1. The van der Waals surface area contributed by atoms with Crippen LogP contribution in [0.2, 0.25) is 0 Å². The van der Waals surface area contributed by atoms with Gasteiger partial charge in [0.25, 0.3) is 0 Å². The van der Waals surface area contributed by atoms with Gasteiger partial charge in [-0.15, -0.1) is 0 Å². The van der Waals surface area contributed by atoms with Crippen LogP contribution < -0.4 is 11.1 Å². The monoisotopic (exact) mass is 250 g/mol. The van der Waals surface area contributed by atoms with Crippen molar-refractivity contribution in [2.24, 2.45) is 5.73 Å². The summed E-state index contributed by atoms with van der Waals surface area (Å²) in [6, 6.07) is 5.21. The van der Waals surface area contributed by atoms with E-state index in [4.69, 9.17) is 22.7 Å². The van der Waals surface area contributed by atoms with E-state index < -0.39 is 5.97 Å². The van der Waals surface area contributed by atoms with E-state index in [1.807, 2.05) is 13.0 Å². The minimum atomic E-state index is -0.403. The summed E-state index contributed by atoms with van der Waals surface area (Å²) in [4.78, 5) is 11.6. The molecule has 0 amide bonds. The van der Waals surface area contributed by atoms with Crippen molar-refractivity contribution in [3.05, 3.63) is 42.0 Å². The number of hydrogen-bond acceptors (Lipinski definition) is 3. The molecule has 0 bridgehead atoms. The number of carbonyl (C=O) groups excluding carboxylic acids is 1. The Morgan fingerprint density at radius 1 is 1.59 bits per heavy atom. The molecule has 0 radical (unpaired) electrons. The fourth-order valence-electron chi connectivity index (χ4n) is 1.33. The molecule has 0 aromatic heterocycles. The number of thiocarbonyl (C=S) groups is 1. The molecule has 0 aliphatic rings. The minimum absolute atomic E-state index is 0.154. The van der Waals surface area contributed by atoms with E-state index in [1.165, 1.54) is 6.08 Å². The van der Waals surface area contributed by atoms with Crippen molar-refractivity contribution >= 4 is 29.0 Å². The van der Waals surface area contributed by atoms with Crippen molar-refractivity contribution in [2.45, 2.75) is 6.92 Å². The number of ether oxygens (including phenoxy) is 1. The predicted octanol–water partition coefficient (Wildman–Crippen LogP) is 1.99. The van der Waals surface area contributed by atoms with Crippen LogP contribution in [-0.2, 0) is 4.74 Å². The molecule has 0 aliphatic heterocycles. The zero-order valence-electron chi connectivity index (χ0n) is 9.53. The molecule has 0 aliphatic carbocycles. The average Bonchev–Trinajstić information content (AvgIpc) is 2.24. The Hall–Kier alpha value is -1.88. The molecule has 4 nitrogen and oxygen atoms in total. The van der Waals surface area contributed by atoms with Crippen molar-refractivity contribution in [2.75, 3.05) is 11.9 Å². The first-order valence-corrected chi connectivity index (χ1v) is 5.40. The molecule has 5 heteroatoms. The van der Waals surface area contributed by atoms with E-state index in [1.54, 1.807) is 12.1 Å². The van der Waals surface area contributed by atoms with Gasteiger partial charge in [0.15, 0.2) is 5.11 Å². The quantitative estimate of drug-likeness (QED) is 0.486. The van der Waals surface area contributed by atoms with E-state index in [9.17, 15) is 4.79 Å². The number of aryl methyl sites for hydroxylation is 1. The first kappa shape index (κ1) is 13.2. The standard InChI is InChI=1S/C12H14N2O2S/c1-3-4-16-11(15)9-5-8(2)6-10(7-9)14-12(13)17/h3,5-7H,1,4H2,2H3,(H3,13,14,17). The van der Waals surface area contributed by atoms with Crippen LogP contribution in [-0.4, -0.2) is 17.7 Å². The number of carbonyl (C=O) groups is 1. The van der Waals surface area contributed by atoms with Crippen LogP contribution >= 0.6 is 12.2 Å². The molecule has 0 saturated carbocycles. The summed E-state index contributed by atoms with van der Waals surface area (Å²) in [7, 11) is 0. The van der Waals surface area contributed by atoms with Crippen LogP contribution in [0.4, 0.5) is 5.69 Å². The third-order valence-electron chi connectivity index (χ3n) is 1.91. The highest BCUT2D eigenvalue weighted by Gasteiger charge is 2.08. The van der Waals surface area contributed by atoms with Gasteiger partial charge in [-0.3, -0.25) is 0 Å². The third-order valence-corrected chi connectivity index (χ3v) is 2.01. The van der Waals surface area contributed by atoms with Gasteiger partial charge in [-0.05, 0) is 42.9 Å². The average molecular weight is 250 g/mol. The SMILES string of the molecule is C=CCOC(=O)c1cc(C)cc(NC(N)=S)c1. The van der Waals surface area contributed by atoms with Crippen molar-refractivity contribution in [3.8, 4) is 0 Å². The van der Waals surface area contributed by atoms with Gasteiger partial charge in [0.05, 0.1) is 5.56 Å². The highest BCUT2D eigenvalue weighted by Crippen LogP contribution is 2.15. The molecule has 0 fully saturated rings. The lowest BCUT2D eigenvalue weighted by molar-refractivity contribution is 0.0549. The first-order chi connectivity index (χ1) is 8.02. The second-order valence-corrected chi connectivity index (χ2v) is 3.90. The minimum Gasteiger partial charge on any atom is -0.458 e. The highest BCUT2D eigenvalue weighted by molar-refractivity contribution is 7.80. The number of anilines is 1. The Kier molecular flexibility index (Phi) is 4.66. The molecule has 0 unspecified atom stereocenters. The first-order valence-electron chi connectivity index (χ1n) is 4.99. The summed E-state index contributed by atoms with van der Waals surface area (Å²) in [6.45, 7) is 5.53. The van der Waals surface area contributed by atoms with E-state index >= 15 is 0 Å². The molecule has 0 atom stereocenters. The van der Waals surface area contributed by atoms with Crippen LogP contribution in [0.1, 0.15) is 15.9 Å².